The Morgan fingerprint density at radius 3 is 2.50 bits per heavy atom. The SMILES string of the molecule is CC1CNCCN1C(=O)c1ccc(NC(=O)NC2CCC2)cc1.Cl. The van der Waals surface area contributed by atoms with Crippen LogP contribution in [0, 0.1) is 0 Å². The van der Waals surface area contributed by atoms with E-state index in [4.69, 9.17) is 0 Å². The van der Waals surface area contributed by atoms with Crippen molar-refractivity contribution in [1.82, 2.24) is 15.5 Å². The van der Waals surface area contributed by atoms with Crippen LogP contribution in [0.1, 0.15) is 36.5 Å². The molecule has 0 radical (unpaired) electrons. The van der Waals surface area contributed by atoms with Crippen molar-refractivity contribution in [2.24, 2.45) is 0 Å². The number of hydrogen-bond acceptors (Lipinski definition) is 3. The maximum Gasteiger partial charge on any atom is 0.319 e. The van der Waals surface area contributed by atoms with Crippen molar-refractivity contribution in [2.45, 2.75) is 38.3 Å². The maximum atomic E-state index is 12.5. The van der Waals surface area contributed by atoms with Gasteiger partial charge in [-0.1, -0.05) is 0 Å². The number of amides is 3. The molecule has 1 heterocycles. The normalized spacial score (nSPS) is 20.5. The second-order valence-electron chi connectivity index (χ2n) is 6.36. The fourth-order valence-corrected chi connectivity index (χ4v) is 2.91. The second-order valence-corrected chi connectivity index (χ2v) is 6.36. The van der Waals surface area contributed by atoms with Crippen LogP contribution in [-0.2, 0) is 0 Å². The standard InChI is InChI=1S/C17H24N4O2.ClH/c1-12-11-18-9-10-21(12)16(22)13-5-7-15(8-6-13)20-17(23)19-14-3-2-4-14;/h5-8,12,14,18H,2-4,9-11H2,1H3,(H2,19,20,23);1H. The first-order valence-electron chi connectivity index (χ1n) is 8.33. The molecular formula is C17H25ClN4O2. The molecule has 1 saturated heterocycles. The lowest BCUT2D eigenvalue weighted by Crippen LogP contribution is -2.52. The van der Waals surface area contributed by atoms with E-state index in [0.717, 1.165) is 32.5 Å². The van der Waals surface area contributed by atoms with Crippen molar-refractivity contribution < 1.29 is 9.59 Å². The van der Waals surface area contributed by atoms with Crippen molar-refractivity contribution in [3.05, 3.63) is 29.8 Å². The van der Waals surface area contributed by atoms with E-state index >= 15 is 0 Å². The van der Waals surface area contributed by atoms with Crippen LogP contribution in [0.2, 0.25) is 0 Å². The van der Waals surface area contributed by atoms with E-state index in [1.807, 2.05) is 11.8 Å². The monoisotopic (exact) mass is 352 g/mol. The highest BCUT2D eigenvalue weighted by Gasteiger charge is 2.24. The summed E-state index contributed by atoms with van der Waals surface area (Å²) in [6.45, 7) is 4.43. The summed E-state index contributed by atoms with van der Waals surface area (Å²) >= 11 is 0. The van der Waals surface area contributed by atoms with Gasteiger partial charge in [-0.15, -0.1) is 12.4 Å². The molecule has 1 aliphatic carbocycles. The minimum absolute atomic E-state index is 0. The van der Waals surface area contributed by atoms with E-state index in [1.165, 1.54) is 6.42 Å². The summed E-state index contributed by atoms with van der Waals surface area (Å²) < 4.78 is 0. The van der Waals surface area contributed by atoms with Gasteiger partial charge in [0.1, 0.15) is 0 Å². The first-order valence-corrected chi connectivity index (χ1v) is 8.33. The quantitative estimate of drug-likeness (QED) is 0.781. The van der Waals surface area contributed by atoms with Crippen molar-refractivity contribution >= 4 is 30.0 Å². The van der Waals surface area contributed by atoms with Crippen LogP contribution in [0.4, 0.5) is 10.5 Å². The smallest absolute Gasteiger partial charge is 0.319 e. The van der Waals surface area contributed by atoms with Gasteiger partial charge in [-0.05, 0) is 50.5 Å². The molecule has 6 nitrogen and oxygen atoms in total. The van der Waals surface area contributed by atoms with E-state index < -0.39 is 0 Å². The number of piperazine rings is 1. The van der Waals surface area contributed by atoms with Crippen LogP contribution in [0.3, 0.4) is 0 Å². The summed E-state index contributed by atoms with van der Waals surface area (Å²) in [6, 6.07) is 7.43. The van der Waals surface area contributed by atoms with E-state index in [2.05, 4.69) is 16.0 Å². The lowest BCUT2D eigenvalue weighted by Gasteiger charge is -2.34. The number of halogens is 1. The Kier molecular flexibility index (Phi) is 6.45. The van der Waals surface area contributed by atoms with Gasteiger partial charge in [0, 0.05) is 43.0 Å². The highest BCUT2D eigenvalue weighted by atomic mass is 35.5. The fraction of sp³-hybridized carbons (Fsp3) is 0.529. The molecule has 1 aliphatic heterocycles. The van der Waals surface area contributed by atoms with Gasteiger partial charge in [0.25, 0.3) is 5.91 Å². The molecule has 0 aromatic heterocycles. The third kappa shape index (κ3) is 4.39. The average Bonchev–Trinajstić information content (AvgIpc) is 2.52. The zero-order chi connectivity index (χ0) is 16.2. The Hall–Kier alpha value is -1.79. The highest BCUT2D eigenvalue weighted by molar-refractivity contribution is 5.95. The van der Waals surface area contributed by atoms with Crippen molar-refractivity contribution in [3.63, 3.8) is 0 Å². The number of rotatable bonds is 3. The molecule has 1 atom stereocenters. The van der Waals surface area contributed by atoms with Crippen molar-refractivity contribution in [2.75, 3.05) is 25.0 Å². The summed E-state index contributed by atoms with van der Waals surface area (Å²) in [5.74, 6) is 0.0458. The first kappa shape index (κ1) is 18.5. The topological polar surface area (TPSA) is 73.5 Å². The van der Waals surface area contributed by atoms with E-state index in [1.54, 1.807) is 24.3 Å². The molecule has 1 unspecified atom stereocenters. The van der Waals surface area contributed by atoms with Gasteiger partial charge >= 0.3 is 6.03 Å². The average molecular weight is 353 g/mol. The maximum absolute atomic E-state index is 12.5. The molecule has 3 rings (SSSR count). The molecule has 0 bridgehead atoms. The van der Waals surface area contributed by atoms with Crippen LogP contribution in [0.25, 0.3) is 0 Å². The number of urea groups is 1. The Labute approximate surface area is 148 Å². The third-order valence-electron chi connectivity index (χ3n) is 4.59. The molecule has 1 aromatic carbocycles. The number of nitrogens with zero attached hydrogens (tertiary/aromatic N) is 1. The molecule has 3 amide bonds. The molecule has 24 heavy (non-hydrogen) atoms. The van der Waals surface area contributed by atoms with Crippen molar-refractivity contribution in [3.8, 4) is 0 Å². The molecule has 1 aromatic rings. The summed E-state index contributed by atoms with van der Waals surface area (Å²) in [7, 11) is 0. The summed E-state index contributed by atoms with van der Waals surface area (Å²) in [4.78, 5) is 26.2. The van der Waals surface area contributed by atoms with E-state index in [-0.39, 0.29) is 30.4 Å². The van der Waals surface area contributed by atoms with Crippen LogP contribution < -0.4 is 16.0 Å². The fourth-order valence-electron chi connectivity index (χ4n) is 2.91. The van der Waals surface area contributed by atoms with Gasteiger partial charge in [-0.25, -0.2) is 4.79 Å². The van der Waals surface area contributed by atoms with Gasteiger partial charge in [-0.3, -0.25) is 4.79 Å². The highest BCUT2D eigenvalue weighted by Crippen LogP contribution is 2.18. The van der Waals surface area contributed by atoms with Crippen LogP contribution >= 0.6 is 12.4 Å². The number of nitrogens with one attached hydrogen (secondary N) is 3. The minimum atomic E-state index is -0.176. The number of anilines is 1. The number of hydrogen-bond donors (Lipinski definition) is 3. The van der Waals surface area contributed by atoms with E-state index in [9.17, 15) is 9.59 Å². The lowest BCUT2D eigenvalue weighted by atomic mass is 9.93. The van der Waals surface area contributed by atoms with Crippen LogP contribution in [-0.4, -0.2) is 48.6 Å². The van der Waals surface area contributed by atoms with Gasteiger partial charge in [0.05, 0.1) is 0 Å². The summed E-state index contributed by atoms with van der Waals surface area (Å²) in [5, 5.41) is 9.02. The van der Waals surface area contributed by atoms with Gasteiger partial charge in [0.2, 0.25) is 0 Å². The molecule has 132 valence electrons. The predicted octanol–water partition coefficient (Wildman–Crippen LogP) is 2.22. The minimum Gasteiger partial charge on any atom is -0.335 e. The van der Waals surface area contributed by atoms with Crippen LogP contribution in [0.15, 0.2) is 24.3 Å². The second kappa shape index (κ2) is 8.35. The number of carbonyl (C=O) groups is 2. The van der Waals surface area contributed by atoms with Crippen molar-refractivity contribution in [1.29, 1.82) is 0 Å². The van der Waals surface area contributed by atoms with E-state index in [0.29, 0.717) is 17.3 Å². The van der Waals surface area contributed by atoms with Crippen LogP contribution in [0.5, 0.6) is 0 Å². The Morgan fingerprint density at radius 2 is 1.92 bits per heavy atom. The molecule has 0 spiro atoms. The molecule has 3 N–H and O–H groups in total. The summed E-state index contributed by atoms with van der Waals surface area (Å²) in [5.41, 5.74) is 1.36. The van der Waals surface area contributed by atoms with Gasteiger partial charge in [0.15, 0.2) is 0 Å². The largest absolute Gasteiger partial charge is 0.335 e. The molecular weight excluding hydrogens is 328 g/mol. The molecule has 2 aliphatic rings. The Balaban J connectivity index is 0.00000208. The van der Waals surface area contributed by atoms with Gasteiger partial charge < -0.3 is 20.9 Å². The Morgan fingerprint density at radius 1 is 1.21 bits per heavy atom. The lowest BCUT2D eigenvalue weighted by molar-refractivity contribution is 0.0656. The summed E-state index contributed by atoms with van der Waals surface area (Å²) in [6.07, 6.45) is 3.31. The number of carbonyl (C=O) groups excluding carboxylic acids is 2. The predicted molar refractivity (Wildman–Crippen MR) is 96.9 cm³/mol. The molecule has 2 fully saturated rings. The first-order chi connectivity index (χ1) is 11.1. The molecule has 7 heteroatoms. The Bertz CT molecular complexity index is 574. The molecule has 1 saturated carbocycles. The van der Waals surface area contributed by atoms with Gasteiger partial charge in [-0.2, -0.15) is 0 Å². The number of benzene rings is 1. The third-order valence-corrected chi connectivity index (χ3v) is 4.59. The zero-order valence-electron chi connectivity index (χ0n) is 13.9. The zero-order valence-corrected chi connectivity index (χ0v) is 14.7.